The summed E-state index contributed by atoms with van der Waals surface area (Å²) in [6.07, 6.45) is 4.07. The molecule has 0 saturated carbocycles. The molecule has 2 unspecified atom stereocenters. The fraction of sp³-hybridized carbons (Fsp3) is 0.923. The van der Waals surface area contributed by atoms with Crippen LogP contribution in [0.15, 0.2) is 0 Å². The third-order valence-electron chi connectivity index (χ3n) is 3.98. The molecule has 1 N–H and O–H groups in total. The van der Waals surface area contributed by atoms with Gasteiger partial charge in [-0.1, -0.05) is 13.8 Å². The van der Waals surface area contributed by atoms with Gasteiger partial charge in [0.1, 0.15) is 6.04 Å². The summed E-state index contributed by atoms with van der Waals surface area (Å²) >= 11 is 0. The minimum absolute atomic E-state index is 0.326. The van der Waals surface area contributed by atoms with E-state index < -0.39 is 5.97 Å². The van der Waals surface area contributed by atoms with Crippen LogP contribution in [0.5, 0.6) is 0 Å². The van der Waals surface area contributed by atoms with E-state index in [1.807, 2.05) is 14.0 Å². The first kappa shape index (κ1) is 14.5. The maximum atomic E-state index is 11.2. The standard InChI is InChI=1S/C13H26N2O2/c1-4-12(13(16)17)14(3)11-7-6-9-15(5-2)10-8-11/h11-12H,4-10H2,1-3H3,(H,16,17). The van der Waals surface area contributed by atoms with Gasteiger partial charge in [-0.15, -0.1) is 0 Å². The number of carboxylic acids is 1. The minimum atomic E-state index is -0.688. The van der Waals surface area contributed by atoms with E-state index in [0.717, 1.165) is 32.5 Å². The van der Waals surface area contributed by atoms with E-state index in [1.165, 1.54) is 6.42 Å². The molecule has 0 aliphatic carbocycles. The van der Waals surface area contributed by atoms with Crippen molar-refractivity contribution >= 4 is 5.97 Å². The quantitative estimate of drug-likeness (QED) is 0.796. The number of likely N-dealkylation sites (N-methyl/N-ethyl adjacent to an activating group) is 1. The van der Waals surface area contributed by atoms with Gasteiger partial charge in [0, 0.05) is 6.04 Å². The second-order valence-corrected chi connectivity index (χ2v) is 4.95. The lowest BCUT2D eigenvalue weighted by molar-refractivity contribution is -0.143. The van der Waals surface area contributed by atoms with Gasteiger partial charge >= 0.3 is 5.97 Å². The highest BCUT2D eigenvalue weighted by Gasteiger charge is 2.28. The molecule has 0 spiro atoms. The van der Waals surface area contributed by atoms with Gasteiger partial charge in [-0.2, -0.15) is 0 Å². The fourth-order valence-corrected chi connectivity index (χ4v) is 2.75. The van der Waals surface area contributed by atoms with Crippen molar-refractivity contribution in [3.63, 3.8) is 0 Å². The monoisotopic (exact) mass is 242 g/mol. The molecule has 0 aromatic carbocycles. The molecule has 0 radical (unpaired) electrons. The first-order chi connectivity index (χ1) is 8.10. The zero-order chi connectivity index (χ0) is 12.8. The zero-order valence-electron chi connectivity index (χ0n) is 11.4. The summed E-state index contributed by atoms with van der Waals surface area (Å²) in [5, 5.41) is 9.19. The Hall–Kier alpha value is -0.610. The predicted octanol–water partition coefficient (Wildman–Crippen LogP) is 1.66. The van der Waals surface area contributed by atoms with Crippen molar-refractivity contribution in [2.45, 2.75) is 51.6 Å². The highest BCUT2D eigenvalue weighted by Crippen LogP contribution is 2.18. The zero-order valence-corrected chi connectivity index (χ0v) is 11.4. The molecule has 4 nitrogen and oxygen atoms in total. The lowest BCUT2D eigenvalue weighted by Gasteiger charge is -2.31. The van der Waals surface area contributed by atoms with Crippen LogP contribution in [0, 0.1) is 0 Å². The van der Waals surface area contributed by atoms with Crippen LogP contribution >= 0.6 is 0 Å². The van der Waals surface area contributed by atoms with Gasteiger partial charge in [-0.25, -0.2) is 0 Å². The molecule has 1 rings (SSSR count). The number of nitrogens with zero attached hydrogens (tertiary/aromatic N) is 2. The van der Waals surface area contributed by atoms with E-state index >= 15 is 0 Å². The van der Waals surface area contributed by atoms with Gasteiger partial charge in [0.2, 0.25) is 0 Å². The molecule has 100 valence electrons. The van der Waals surface area contributed by atoms with Gasteiger partial charge < -0.3 is 10.0 Å². The number of rotatable bonds is 5. The average molecular weight is 242 g/mol. The number of hydrogen-bond acceptors (Lipinski definition) is 3. The van der Waals surface area contributed by atoms with Gasteiger partial charge in [-0.3, -0.25) is 9.69 Å². The first-order valence-corrected chi connectivity index (χ1v) is 6.77. The summed E-state index contributed by atoms with van der Waals surface area (Å²) < 4.78 is 0. The van der Waals surface area contributed by atoms with Crippen LogP contribution in [0.2, 0.25) is 0 Å². The normalized spacial score (nSPS) is 24.6. The number of carboxylic acid groups (broad SMARTS) is 1. The Labute approximate surface area is 105 Å². The van der Waals surface area contributed by atoms with Crippen molar-refractivity contribution < 1.29 is 9.90 Å². The van der Waals surface area contributed by atoms with E-state index in [-0.39, 0.29) is 6.04 Å². The second kappa shape index (κ2) is 6.97. The number of aliphatic carboxylic acids is 1. The Kier molecular flexibility index (Phi) is 5.92. The lowest BCUT2D eigenvalue weighted by Crippen LogP contribution is -2.44. The molecule has 1 fully saturated rings. The van der Waals surface area contributed by atoms with Crippen molar-refractivity contribution in [1.82, 2.24) is 9.80 Å². The van der Waals surface area contributed by atoms with Crippen LogP contribution in [0.1, 0.15) is 39.5 Å². The number of hydrogen-bond donors (Lipinski definition) is 1. The van der Waals surface area contributed by atoms with E-state index in [4.69, 9.17) is 0 Å². The number of likely N-dealkylation sites (tertiary alicyclic amines) is 1. The van der Waals surface area contributed by atoms with E-state index in [2.05, 4.69) is 16.7 Å². The molecule has 0 aromatic rings. The highest BCUT2D eigenvalue weighted by atomic mass is 16.4. The van der Waals surface area contributed by atoms with Crippen LogP contribution in [0.4, 0.5) is 0 Å². The highest BCUT2D eigenvalue weighted by molar-refractivity contribution is 5.73. The van der Waals surface area contributed by atoms with Crippen LogP contribution in [-0.2, 0) is 4.79 Å². The average Bonchev–Trinajstić information content (AvgIpc) is 2.54. The summed E-state index contributed by atoms with van der Waals surface area (Å²) in [5.74, 6) is -0.688. The van der Waals surface area contributed by atoms with Gasteiger partial charge in [0.15, 0.2) is 0 Å². The van der Waals surface area contributed by atoms with E-state index in [9.17, 15) is 9.90 Å². The first-order valence-electron chi connectivity index (χ1n) is 6.77. The molecule has 1 heterocycles. The Morgan fingerprint density at radius 3 is 2.65 bits per heavy atom. The Bertz CT molecular complexity index is 246. The van der Waals surface area contributed by atoms with Crippen molar-refractivity contribution in [2.75, 3.05) is 26.7 Å². The molecular weight excluding hydrogens is 216 g/mol. The molecule has 17 heavy (non-hydrogen) atoms. The number of carbonyl (C=O) groups is 1. The van der Waals surface area contributed by atoms with Crippen LogP contribution in [-0.4, -0.2) is 59.6 Å². The van der Waals surface area contributed by atoms with Crippen molar-refractivity contribution in [3.8, 4) is 0 Å². The van der Waals surface area contributed by atoms with Crippen LogP contribution < -0.4 is 0 Å². The fourth-order valence-electron chi connectivity index (χ4n) is 2.75. The Balaban J connectivity index is 2.56. The minimum Gasteiger partial charge on any atom is -0.480 e. The molecule has 4 heteroatoms. The second-order valence-electron chi connectivity index (χ2n) is 4.95. The largest absolute Gasteiger partial charge is 0.480 e. The van der Waals surface area contributed by atoms with Crippen molar-refractivity contribution in [1.29, 1.82) is 0 Å². The molecule has 1 aliphatic rings. The summed E-state index contributed by atoms with van der Waals surface area (Å²) in [6.45, 7) is 7.50. The van der Waals surface area contributed by atoms with Gasteiger partial charge in [0.05, 0.1) is 0 Å². The van der Waals surface area contributed by atoms with Crippen molar-refractivity contribution in [2.24, 2.45) is 0 Å². The molecule has 0 aromatic heterocycles. The molecule has 0 amide bonds. The molecule has 0 bridgehead atoms. The summed E-state index contributed by atoms with van der Waals surface area (Å²) in [6, 6.07) is 0.0979. The maximum Gasteiger partial charge on any atom is 0.320 e. The smallest absolute Gasteiger partial charge is 0.320 e. The molecule has 1 saturated heterocycles. The third kappa shape index (κ3) is 3.96. The summed E-state index contributed by atoms with van der Waals surface area (Å²) in [5.41, 5.74) is 0. The predicted molar refractivity (Wildman–Crippen MR) is 69.2 cm³/mol. The van der Waals surface area contributed by atoms with E-state index in [1.54, 1.807) is 0 Å². The van der Waals surface area contributed by atoms with Crippen LogP contribution in [0.25, 0.3) is 0 Å². The summed E-state index contributed by atoms with van der Waals surface area (Å²) in [4.78, 5) is 15.7. The van der Waals surface area contributed by atoms with E-state index in [0.29, 0.717) is 12.5 Å². The lowest BCUT2D eigenvalue weighted by atomic mass is 10.0. The maximum absolute atomic E-state index is 11.2. The molecular formula is C13H26N2O2. The SMILES string of the molecule is CCC(C(=O)O)N(C)C1CCCN(CC)CC1. The molecule has 2 atom stereocenters. The summed E-state index contributed by atoms with van der Waals surface area (Å²) in [7, 11) is 1.97. The van der Waals surface area contributed by atoms with Crippen LogP contribution in [0.3, 0.4) is 0 Å². The van der Waals surface area contributed by atoms with Crippen molar-refractivity contribution in [3.05, 3.63) is 0 Å². The third-order valence-corrected chi connectivity index (χ3v) is 3.98. The molecule has 1 aliphatic heterocycles. The van der Waals surface area contributed by atoms with Gasteiger partial charge in [-0.05, 0) is 52.4 Å². The topological polar surface area (TPSA) is 43.8 Å². The van der Waals surface area contributed by atoms with Gasteiger partial charge in [0.25, 0.3) is 0 Å². The Morgan fingerprint density at radius 2 is 2.12 bits per heavy atom. The Morgan fingerprint density at radius 1 is 1.41 bits per heavy atom.